The van der Waals surface area contributed by atoms with E-state index in [4.69, 9.17) is 10.5 Å². The number of hydrogen-bond donors (Lipinski definition) is 3. The zero-order chi connectivity index (χ0) is 14.8. The van der Waals surface area contributed by atoms with Gasteiger partial charge in [0, 0.05) is 45.2 Å². The summed E-state index contributed by atoms with van der Waals surface area (Å²) in [6.45, 7) is 1.24. The normalized spacial score (nSPS) is 17.7. The molecule has 0 atom stereocenters. The Bertz CT molecular complexity index is 498. The summed E-state index contributed by atoms with van der Waals surface area (Å²) in [5, 5.41) is 19.9. The molecule has 1 amide bonds. The minimum Gasteiger partial charge on any atom is -0.506 e. The van der Waals surface area contributed by atoms with Crippen molar-refractivity contribution < 1.29 is 19.7 Å². The Morgan fingerprint density at radius 2 is 2.10 bits per heavy atom. The third-order valence-corrected chi connectivity index (χ3v) is 3.58. The molecule has 6 heteroatoms. The molecule has 1 fully saturated rings. The van der Waals surface area contributed by atoms with E-state index >= 15 is 0 Å². The first kappa shape index (κ1) is 14.6. The lowest BCUT2D eigenvalue weighted by molar-refractivity contribution is -0.0734. The topological polar surface area (TPSA) is 96.0 Å². The van der Waals surface area contributed by atoms with E-state index in [1.54, 1.807) is 13.1 Å². The highest BCUT2D eigenvalue weighted by Gasteiger charge is 2.32. The number of anilines is 1. The van der Waals surface area contributed by atoms with Gasteiger partial charge in [0.25, 0.3) is 5.91 Å². The standard InChI is InChI=1S/C14H20N2O4/c1-16(9-14(19)4-6-20-7-5-14)13(18)10-2-3-11(15)12(17)8-10/h2-3,8,17,19H,4-7,9,15H2,1H3. The van der Waals surface area contributed by atoms with Gasteiger partial charge in [-0.1, -0.05) is 0 Å². The van der Waals surface area contributed by atoms with Gasteiger partial charge in [0.1, 0.15) is 5.75 Å². The van der Waals surface area contributed by atoms with Crippen molar-refractivity contribution in [3.8, 4) is 5.75 Å². The number of hydrogen-bond acceptors (Lipinski definition) is 5. The number of nitrogens with two attached hydrogens (primary N) is 1. The van der Waals surface area contributed by atoms with Crippen molar-refractivity contribution in [1.82, 2.24) is 4.90 Å². The summed E-state index contributed by atoms with van der Waals surface area (Å²) in [5.41, 5.74) is 5.17. The summed E-state index contributed by atoms with van der Waals surface area (Å²) in [6, 6.07) is 4.38. The van der Waals surface area contributed by atoms with Gasteiger partial charge < -0.3 is 25.6 Å². The Morgan fingerprint density at radius 1 is 1.45 bits per heavy atom. The average molecular weight is 280 g/mol. The largest absolute Gasteiger partial charge is 0.506 e. The van der Waals surface area contributed by atoms with Crippen molar-refractivity contribution in [3.63, 3.8) is 0 Å². The number of phenolic OH excluding ortho intramolecular Hbond substituents is 1. The van der Waals surface area contributed by atoms with E-state index in [0.717, 1.165) is 0 Å². The summed E-state index contributed by atoms with van der Waals surface area (Å²) < 4.78 is 5.21. The van der Waals surface area contributed by atoms with E-state index in [0.29, 0.717) is 31.6 Å². The van der Waals surface area contributed by atoms with E-state index < -0.39 is 5.60 Å². The van der Waals surface area contributed by atoms with Gasteiger partial charge in [0.15, 0.2) is 0 Å². The number of carbonyl (C=O) groups excluding carboxylic acids is 1. The van der Waals surface area contributed by atoms with Crippen LogP contribution in [-0.2, 0) is 4.74 Å². The second kappa shape index (κ2) is 5.68. The number of carbonyl (C=O) groups is 1. The van der Waals surface area contributed by atoms with Crippen molar-refractivity contribution in [2.75, 3.05) is 32.5 Å². The number of amides is 1. The van der Waals surface area contributed by atoms with Crippen molar-refractivity contribution >= 4 is 11.6 Å². The number of ether oxygens (including phenoxy) is 1. The maximum Gasteiger partial charge on any atom is 0.253 e. The molecule has 0 spiro atoms. The molecule has 0 unspecified atom stereocenters. The van der Waals surface area contributed by atoms with Crippen molar-refractivity contribution in [2.45, 2.75) is 18.4 Å². The Hall–Kier alpha value is -1.79. The highest BCUT2D eigenvalue weighted by atomic mass is 16.5. The van der Waals surface area contributed by atoms with Gasteiger partial charge in [-0.15, -0.1) is 0 Å². The lowest BCUT2D eigenvalue weighted by atomic mass is 9.93. The molecule has 0 aromatic heterocycles. The molecule has 1 aliphatic rings. The Kier molecular flexibility index (Phi) is 4.15. The van der Waals surface area contributed by atoms with E-state index in [-0.39, 0.29) is 23.9 Å². The van der Waals surface area contributed by atoms with Gasteiger partial charge in [-0.2, -0.15) is 0 Å². The van der Waals surface area contributed by atoms with Crippen LogP contribution in [0, 0.1) is 0 Å². The van der Waals surface area contributed by atoms with E-state index in [2.05, 4.69) is 0 Å². The Balaban J connectivity index is 2.06. The molecule has 2 rings (SSSR count). The maximum atomic E-state index is 12.3. The van der Waals surface area contributed by atoms with Crippen LogP contribution in [0.2, 0.25) is 0 Å². The monoisotopic (exact) mass is 280 g/mol. The van der Waals surface area contributed by atoms with Gasteiger partial charge in [-0.25, -0.2) is 0 Å². The van der Waals surface area contributed by atoms with Crippen molar-refractivity contribution in [1.29, 1.82) is 0 Å². The fourth-order valence-electron chi connectivity index (χ4n) is 2.32. The highest BCUT2D eigenvalue weighted by molar-refractivity contribution is 5.95. The third-order valence-electron chi connectivity index (χ3n) is 3.58. The van der Waals surface area contributed by atoms with Crippen LogP contribution in [0.25, 0.3) is 0 Å². The second-order valence-electron chi connectivity index (χ2n) is 5.27. The third kappa shape index (κ3) is 3.20. The predicted molar refractivity (Wildman–Crippen MR) is 74.5 cm³/mol. The lowest BCUT2D eigenvalue weighted by Gasteiger charge is -2.35. The SMILES string of the molecule is CN(CC1(O)CCOCC1)C(=O)c1ccc(N)c(O)c1. The summed E-state index contributed by atoms with van der Waals surface area (Å²) in [7, 11) is 1.63. The predicted octanol–water partition coefficient (Wildman–Crippen LogP) is 0.588. The molecule has 0 aliphatic carbocycles. The summed E-state index contributed by atoms with van der Waals surface area (Å²) in [6.07, 6.45) is 1.02. The summed E-state index contributed by atoms with van der Waals surface area (Å²) in [4.78, 5) is 13.7. The minimum absolute atomic E-state index is 0.117. The molecule has 1 aliphatic heterocycles. The van der Waals surface area contributed by atoms with Crippen LogP contribution < -0.4 is 5.73 Å². The highest BCUT2D eigenvalue weighted by Crippen LogP contribution is 2.24. The number of nitrogen functional groups attached to an aromatic ring is 1. The van der Waals surface area contributed by atoms with Gasteiger partial charge in [-0.05, 0) is 18.2 Å². The second-order valence-corrected chi connectivity index (χ2v) is 5.27. The molecular formula is C14H20N2O4. The van der Waals surface area contributed by atoms with Crippen molar-refractivity contribution in [2.24, 2.45) is 0 Å². The van der Waals surface area contributed by atoms with Gasteiger partial charge in [-0.3, -0.25) is 4.79 Å². The van der Waals surface area contributed by atoms with Crippen LogP contribution in [0.3, 0.4) is 0 Å². The van der Waals surface area contributed by atoms with Gasteiger partial charge in [0.2, 0.25) is 0 Å². The van der Waals surface area contributed by atoms with Crippen LogP contribution in [0.15, 0.2) is 18.2 Å². The molecule has 20 heavy (non-hydrogen) atoms. The zero-order valence-corrected chi connectivity index (χ0v) is 11.5. The quantitative estimate of drug-likeness (QED) is 0.556. The number of phenols is 1. The van der Waals surface area contributed by atoms with E-state index in [9.17, 15) is 15.0 Å². The van der Waals surface area contributed by atoms with E-state index in [1.165, 1.54) is 17.0 Å². The number of likely N-dealkylation sites (N-methyl/N-ethyl adjacent to an activating group) is 1. The minimum atomic E-state index is -0.904. The van der Waals surface area contributed by atoms with E-state index in [1.807, 2.05) is 0 Å². The maximum absolute atomic E-state index is 12.3. The molecule has 1 aromatic carbocycles. The first-order valence-electron chi connectivity index (χ1n) is 6.55. The molecule has 1 saturated heterocycles. The number of rotatable bonds is 3. The summed E-state index contributed by atoms with van der Waals surface area (Å²) >= 11 is 0. The average Bonchev–Trinajstić information content (AvgIpc) is 2.41. The summed E-state index contributed by atoms with van der Waals surface area (Å²) in [5.74, 6) is -0.380. The van der Waals surface area contributed by atoms with Gasteiger partial charge in [0.05, 0.1) is 11.3 Å². The van der Waals surface area contributed by atoms with Gasteiger partial charge >= 0.3 is 0 Å². The zero-order valence-electron chi connectivity index (χ0n) is 11.5. The van der Waals surface area contributed by atoms with Crippen LogP contribution in [0.5, 0.6) is 5.75 Å². The number of aromatic hydroxyl groups is 1. The molecule has 1 aromatic rings. The first-order valence-corrected chi connectivity index (χ1v) is 6.55. The molecule has 0 radical (unpaired) electrons. The number of nitrogens with zero attached hydrogens (tertiary/aromatic N) is 1. The van der Waals surface area contributed by atoms with Crippen LogP contribution in [0.4, 0.5) is 5.69 Å². The smallest absolute Gasteiger partial charge is 0.253 e. The van der Waals surface area contributed by atoms with Crippen molar-refractivity contribution in [3.05, 3.63) is 23.8 Å². The molecule has 110 valence electrons. The molecule has 0 saturated carbocycles. The van der Waals surface area contributed by atoms with Crippen LogP contribution >= 0.6 is 0 Å². The number of benzene rings is 1. The molecule has 4 N–H and O–H groups in total. The van der Waals surface area contributed by atoms with Crippen LogP contribution in [0.1, 0.15) is 23.2 Å². The fraction of sp³-hybridized carbons (Fsp3) is 0.500. The molecular weight excluding hydrogens is 260 g/mol. The fourth-order valence-corrected chi connectivity index (χ4v) is 2.32. The Morgan fingerprint density at radius 3 is 2.70 bits per heavy atom. The molecule has 1 heterocycles. The lowest BCUT2D eigenvalue weighted by Crippen LogP contribution is -2.47. The number of aliphatic hydroxyl groups is 1. The molecule has 0 bridgehead atoms. The Labute approximate surface area is 117 Å². The molecule has 6 nitrogen and oxygen atoms in total. The van der Waals surface area contributed by atoms with Crippen LogP contribution in [-0.4, -0.2) is 53.4 Å². The first-order chi connectivity index (χ1) is 9.41.